The zero-order valence-electron chi connectivity index (χ0n) is 12.3. The van der Waals surface area contributed by atoms with Crippen molar-refractivity contribution in [2.75, 3.05) is 20.1 Å². The van der Waals surface area contributed by atoms with Crippen molar-refractivity contribution in [3.8, 4) is 0 Å². The molecule has 0 aromatic heterocycles. The number of rotatable bonds is 5. The summed E-state index contributed by atoms with van der Waals surface area (Å²) in [6, 6.07) is 0.503. The van der Waals surface area contributed by atoms with E-state index in [4.69, 9.17) is 5.73 Å². The summed E-state index contributed by atoms with van der Waals surface area (Å²) in [4.78, 5) is 14.4. The van der Waals surface area contributed by atoms with Crippen LogP contribution in [0.25, 0.3) is 0 Å². The molecule has 0 aliphatic heterocycles. The van der Waals surface area contributed by atoms with Crippen LogP contribution in [0.15, 0.2) is 0 Å². The Balaban J connectivity index is 2.36. The SMILES string of the molecule is CC1CCCC(N)(C(=O)NCCN(C)C(C)C)C1. The number of hydrogen-bond donors (Lipinski definition) is 2. The average Bonchev–Trinajstić information content (AvgIpc) is 2.28. The molecule has 1 aliphatic rings. The van der Waals surface area contributed by atoms with Crippen molar-refractivity contribution < 1.29 is 4.79 Å². The molecule has 106 valence electrons. The molecule has 1 saturated carbocycles. The van der Waals surface area contributed by atoms with Gasteiger partial charge in [0.05, 0.1) is 5.54 Å². The van der Waals surface area contributed by atoms with Gasteiger partial charge < -0.3 is 16.0 Å². The molecule has 2 unspecified atom stereocenters. The zero-order chi connectivity index (χ0) is 13.8. The number of hydrogen-bond acceptors (Lipinski definition) is 3. The lowest BCUT2D eigenvalue weighted by Crippen LogP contribution is -2.57. The van der Waals surface area contributed by atoms with Crippen molar-refractivity contribution in [3.05, 3.63) is 0 Å². The van der Waals surface area contributed by atoms with E-state index >= 15 is 0 Å². The fourth-order valence-electron chi connectivity index (χ4n) is 2.58. The molecule has 1 aliphatic carbocycles. The molecule has 0 radical (unpaired) electrons. The highest BCUT2D eigenvalue weighted by Gasteiger charge is 2.37. The first kappa shape index (κ1) is 15.4. The van der Waals surface area contributed by atoms with E-state index in [1.807, 2.05) is 0 Å². The first-order chi connectivity index (χ1) is 8.35. The number of likely N-dealkylation sites (N-methyl/N-ethyl adjacent to an activating group) is 1. The van der Waals surface area contributed by atoms with E-state index in [9.17, 15) is 4.79 Å². The maximum Gasteiger partial charge on any atom is 0.240 e. The van der Waals surface area contributed by atoms with E-state index in [0.717, 1.165) is 25.8 Å². The largest absolute Gasteiger partial charge is 0.353 e. The monoisotopic (exact) mass is 255 g/mol. The molecule has 0 aromatic rings. The van der Waals surface area contributed by atoms with Crippen molar-refractivity contribution in [3.63, 3.8) is 0 Å². The number of nitrogens with one attached hydrogen (secondary N) is 1. The van der Waals surface area contributed by atoms with Gasteiger partial charge in [0, 0.05) is 19.1 Å². The molecule has 4 nitrogen and oxygen atoms in total. The molecule has 18 heavy (non-hydrogen) atoms. The molecule has 0 aromatic carbocycles. The minimum Gasteiger partial charge on any atom is -0.353 e. The number of nitrogens with two attached hydrogens (primary N) is 1. The van der Waals surface area contributed by atoms with Crippen LogP contribution in [0.5, 0.6) is 0 Å². The quantitative estimate of drug-likeness (QED) is 0.779. The van der Waals surface area contributed by atoms with Crippen LogP contribution in [0, 0.1) is 5.92 Å². The second-order valence-corrected chi connectivity index (χ2v) is 6.19. The van der Waals surface area contributed by atoms with Gasteiger partial charge in [-0.25, -0.2) is 0 Å². The Bertz CT molecular complexity index is 280. The molecule has 0 heterocycles. The highest BCUT2D eigenvalue weighted by atomic mass is 16.2. The van der Waals surface area contributed by atoms with Crippen molar-refractivity contribution in [2.24, 2.45) is 11.7 Å². The van der Waals surface area contributed by atoms with E-state index in [-0.39, 0.29) is 5.91 Å². The van der Waals surface area contributed by atoms with E-state index in [1.165, 1.54) is 6.42 Å². The minimum absolute atomic E-state index is 0.0335. The highest BCUT2D eigenvalue weighted by Crippen LogP contribution is 2.30. The van der Waals surface area contributed by atoms with Crippen molar-refractivity contribution >= 4 is 5.91 Å². The Labute approximate surface area is 111 Å². The third-order valence-corrected chi connectivity index (χ3v) is 4.12. The lowest BCUT2D eigenvalue weighted by Gasteiger charge is -2.35. The molecule has 0 spiro atoms. The van der Waals surface area contributed by atoms with E-state index in [1.54, 1.807) is 0 Å². The third-order valence-electron chi connectivity index (χ3n) is 4.12. The standard InChI is InChI=1S/C14H29N3O/c1-11(2)17(4)9-8-16-13(18)14(15)7-5-6-12(3)10-14/h11-12H,5-10,15H2,1-4H3,(H,16,18). The van der Waals surface area contributed by atoms with Crippen LogP contribution in [0.1, 0.15) is 46.5 Å². The Kier molecular flexibility index (Phi) is 5.60. The zero-order valence-corrected chi connectivity index (χ0v) is 12.3. The predicted octanol–water partition coefficient (Wildman–Crippen LogP) is 1.35. The van der Waals surface area contributed by atoms with Crippen LogP contribution in [0.3, 0.4) is 0 Å². The number of nitrogens with zero attached hydrogens (tertiary/aromatic N) is 1. The number of carbonyl (C=O) groups excluding carboxylic acids is 1. The smallest absolute Gasteiger partial charge is 0.240 e. The molecule has 1 amide bonds. The summed E-state index contributed by atoms with van der Waals surface area (Å²) >= 11 is 0. The van der Waals surface area contributed by atoms with Crippen LogP contribution in [0.2, 0.25) is 0 Å². The van der Waals surface area contributed by atoms with E-state index in [0.29, 0.717) is 18.5 Å². The van der Waals surface area contributed by atoms with E-state index < -0.39 is 5.54 Å². The third kappa shape index (κ3) is 4.25. The summed E-state index contributed by atoms with van der Waals surface area (Å²) in [5.41, 5.74) is 5.61. The molecule has 2 atom stereocenters. The van der Waals surface area contributed by atoms with Gasteiger partial charge in [-0.1, -0.05) is 19.8 Å². The molecule has 0 saturated heterocycles. The van der Waals surface area contributed by atoms with Gasteiger partial charge in [-0.2, -0.15) is 0 Å². The lowest BCUT2D eigenvalue weighted by atomic mass is 9.76. The second kappa shape index (κ2) is 6.53. The minimum atomic E-state index is -0.631. The summed E-state index contributed by atoms with van der Waals surface area (Å²) in [6.07, 6.45) is 3.90. The van der Waals surface area contributed by atoms with Gasteiger partial charge in [0.1, 0.15) is 0 Å². The van der Waals surface area contributed by atoms with Gasteiger partial charge in [-0.15, -0.1) is 0 Å². The molecule has 0 bridgehead atoms. The number of carbonyl (C=O) groups is 1. The van der Waals surface area contributed by atoms with Gasteiger partial charge in [0.25, 0.3) is 0 Å². The fourth-order valence-corrected chi connectivity index (χ4v) is 2.58. The summed E-state index contributed by atoms with van der Waals surface area (Å²) < 4.78 is 0. The van der Waals surface area contributed by atoms with Crippen molar-refractivity contribution in [1.29, 1.82) is 0 Å². The summed E-state index contributed by atoms with van der Waals surface area (Å²) in [5, 5.41) is 2.99. The van der Waals surface area contributed by atoms with Crippen LogP contribution in [0.4, 0.5) is 0 Å². The maximum atomic E-state index is 12.2. The van der Waals surface area contributed by atoms with Gasteiger partial charge in [0.2, 0.25) is 5.91 Å². The van der Waals surface area contributed by atoms with E-state index in [2.05, 4.69) is 38.0 Å². The van der Waals surface area contributed by atoms with Crippen LogP contribution < -0.4 is 11.1 Å². The van der Waals surface area contributed by atoms with Crippen LogP contribution in [-0.2, 0) is 4.79 Å². The normalized spacial score (nSPS) is 28.7. The number of amides is 1. The van der Waals surface area contributed by atoms with Gasteiger partial charge in [0.15, 0.2) is 0 Å². The highest BCUT2D eigenvalue weighted by molar-refractivity contribution is 5.86. The van der Waals surface area contributed by atoms with Crippen molar-refractivity contribution in [1.82, 2.24) is 10.2 Å². The lowest BCUT2D eigenvalue weighted by molar-refractivity contribution is -0.128. The average molecular weight is 255 g/mol. The Morgan fingerprint density at radius 1 is 1.56 bits per heavy atom. The molecular formula is C14H29N3O. The molecule has 1 fully saturated rings. The predicted molar refractivity (Wildman–Crippen MR) is 75.3 cm³/mol. The molecular weight excluding hydrogens is 226 g/mol. The second-order valence-electron chi connectivity index (χ2n) is 6.19. The van der Waals surface area contributed by atoms with Crippen LogP contribution in [-0.4, -0.2) is 42.5 Å². The van der Waals surface area contributed by atoms with Gasteiger partial charge in [-0.3, -0.25) is 4.79 Å². The van der Waals surface area contributed by atoms with Gasteiger partial charge >= 0.3 is 0 Å². The van der Waals surface area contributed by atoms with Gasteiger partial charge in [-0.05, 0) is 39.7 Å². The first-order valence-electron chi connectivity index (χ1n) is 7.12. The molecule has 1 rings (SSSR count). The first-order valence-corrected chi connectivity index (χ1v) is 7.12. The Morgan fingerprint density at radius 3 is 2.78 bits per heavy atom. The fraction of sp³-hybridized carbons (Fsp3) is 0.929. The Hall–Kier alpha value is -0.610. The molecule has 4 heteroatoms. The van der Waals surface area contributed by atoms with Crippen molar-refractivity contribution in [2.45, 2.75) is 58.0 Å². The summed E-state index contributed by atoms with van der Waals surface area (Å²) in [6.45, 7) is 8.03. The topological polar surface area (TPSA) is 58.4 Å². The van der Waals surface area contributed by atoms with Crippen LogP contribution >= 0.6 is 0 Å². The molecule has 3 N–H and O–H groups in total. The summed E-state index contributed by atoms with van der Waals surface area (Å²) in [5.74, 6) is 0.596. The Morgan fingerprint density at radius 2 is 2.22 bits per heavy atom. The maximum absolute atomic E-state index is 12.2. The summed E-state index contributed by atoms with van der Waals surface area (Å²) in [7, 11) is 2.07.